The predicted molar refractivity (Wildman–Crippen MR) is 70.1 cm³/mol. The van der Waals surface area contributed by atoms with Gasteiger partial charge in [-0.05, 0) is 17.7 Å². The molecule has 6 nitrogen and oxygen atoms in total. The van der Waals surface area contributed by atoms with Crippen LogP contribution >= 0.6 is 0 Å². The van der Waals surface area contributed by atoms with Crippen molar-refractivity contribution in [1.29, 1.82) is 0 Å². The third kappa shape index (κ3) is 3.76. The Morgan fingerprint density at radius 2 is 1.95 bits per heavy atom. The van der Waals surface area contributed by atoms with Crippen LogP contribution in [-0.2, 0) is 23.5 Å². The summed E-state index contributed by atoms with van der Waals surface area (Å²) in [7, 11) is -2.43. The van der Waals surface area contributed by atoms with Gasteiger partial charge in [-0.1, -0.05) is 0 Å². The third-order valence-corrected chi connectivity index (χ3v) is 3.59. The van der Waals surface area contributed by atoms with E-state index >= 15 is 0 Å². The molecule has 0 spiro atoms. The van der Waals surface area contributed by atoms with Crippen LogP contribution in [0, 0.1) is 11.6 Å². The van der Waals surface area contributed by atoms with Crippen molar-refractivity contribution >= 4 is 10.0 Å². The molecule has 0 bridgehead atoms. The van der Waals surface area contributed by atoms with E-state index in [2.05, 4.69) is 5.10 Å². The molecule has 0 saturated heterocycles. The molecule has 0 amide bonds. The van der Waals surface area contributed by atoms with E-state index in [1.807, 2.05) is 0 Å². The molecular weight excluding hydrogens is 304 g/mol. The van der Waals surface area contributed by atoms with Gasteiger partial charge in [-0.3, -0.25) is 4.68 Å². The van der Waals surface area contributed by atoms with Crippen LogP contribution < -0.4 is 9.88 Å². The van der Waals surface area contributed by atoms with Gasteiger partial charge in [0.15, 0.2) is 17.4 Å². The number of rotatable bonds is 5. The van der Waals surface area contributed by atoms with E-state index in [0.29, 0.717) is 18.6 Å². The molecule has 21 heavy (non-hydrogen) atoms. The van der Waals surface area contributed by atoms with E-state index in [-0.39, 0.29) is 6.61 Å². The van der Waals surface area contributed by atoms with Crippen LogP contribution in [0.2, 0.25) is 0 Å². The Bertz CT molecular complexity index is 736. The zero-order chi connectivity index (χ0) is 15.6. The second-order valence-electron chi connectivity index (χ2n) is 4.38. The quantitative estimate of drug-likeness (QED) is 0.890. The monoisotopic (exact) mass is 317 g/mol. The Hall–Kier alpha value is -2.00. The number of nitrogens with two attached hydrogens (primary N) is 1. The fourth-order valence-corrected chi connectivity index (χ4v) is 2.25. The molecule has 2 aromatic rings. The lowest BCUT2D eigenvalue weighted by molar-refractivity contribution is 0.287. The van der Waals surface area contributed by atoms with Gasteiger partial charge in [0.2, 0.25) is 10.0 Å². The molecule has 0 fully saturated rings. The molecular formula is C12H13F2N3O3S. The van der Waals surface area contributed by atoms with Crippen LogP contribution in [0.15, 0.2) is 29.4 Å². The maximum atomic E-state index is 13.7. The van der Waals surface area contributed by atoms with Gasteiger partial charge in [-0.2, -0.15) is 5.10 Å². The van der Waals surface area contributed by atoms with Crippen molar-refractivity contribution in [3.05, 3.63) is 41.7 Å². The summed E-state index contributed by atoms with van der Waals surface area (Å²) in [4.78, 5) is -0.642. The van der Waals surface area contributed by atoms with Crippen molar-refractivity contribution in [3.63, 3.8) is 0 Å². The first-order valence-corrected chi connectivity index (χ1v) is 7.44. The minimum absolute atomic E-state index is 0.0221. The number of aromatic nitrogens is 2. The first-order chi connectivity index (χ1) is 9.77. The van der Waals surface area contributed by atoms with E-state index in [9.17, 15) is 17.2 Å². The van der Waals surface area contributed by atoms with Crippen LogP contribution in [0.5, 0.6) is 5.75 Å². The molecule has 0 atom stereocenters. The van der Waals surface area contributed by atoms with E-state index in [4.69, 9.17) is 9.88 Å². The lowest BCUT2D eigenvalue weighted by Gasteiger charge is -2.09. The Morgan fingerprint density at radius 3 is 2.43 bits per heavy atom. The van der Waals surface area contributed by atoms with Crippen LogP contribution in [0.1, 0.15) is 5.56 Å². The fourth-order valence-electron chi connectivity index (χ4n) is 1.71. The van der Waals surface area contributed by atoms with Crippen LogP contribution in [0.4, 0.5) is 8.78 Å². The normalized spacial score (nSPS) is 11.6. The minimum atomic E-state index is -4.17. The second-order valence-corrected chi connectivity index (χ2v) is 5.94. The molecule has 1 heterocycles. The highest BCUT2D eigenvalue weighted by Crippen LogP contribution is 2.25. The maximum Gasteiger partial charge on any atom is 0.238 e. The van der Waals surface area contributed by atoms with Crippen LogP contribution in [0.25, 0.3) is 0 Å². The molecule has 2 N–H and O–H groups in total. The highest BCUT2D eigenvalue weighted by atomic mass is 32.2. The van der Waals surface area contributed by atoms with Crippen molar-refractivity contribution < 1.29 is 21.9 Å². The number of hydrogen-bond donors (Lipinski definition) is 1. The Labute approximate surface area is 120 Å². The van der Waals surface area contributed by atoms with Gasteiger partial charge < -0.3 is 4.74 Å². The van der Waals surface area contributed by atoms with Crippen molar-refractivity contribution in [2.24, 2.45) is 12.2 Å². The highest BCUT2D eigenvalue weighted by Gasteiger charge is 2.18. The first-order valence-electron chi connectivity index (χ1n) is 5.89. The number of aryl methyl sites for hydroxylation is 1. The van der Waals surface area contributed by atoms with Gasteiger partial charge in [-0.15, -0.1) is 0 Å². The molecule has 0 aliphatic heterocycles. The Morgan fingerprint density at radius 1 is 1.33 bits per heavy atom. The number of sulfonamides is 1. The molecule has 2 rings (SSSR count). The van der Waals surface area contributed by atoms with E-state index < -0.39 is 32.3 Å². The molecule has 0 saturated carbocycles. The second kappa shape index (κ2) is 5.78. The summed E-state index contributed by atoms with van der Waals surface area (Å²) < 4.78 is 56.0. The molecule has 0 aliphatic carbocycles. The lowest BCUT2D eigenvalue weighted by atomic mass is 10.2. The first kappa shape index (κ1) is 15.4. The number of halogens is 2. The Balaban J connectivity index is 2.10. The van der Waals surface area contributed by atoms with Gasteiger partial charge in [0, 0.05) is 19.7 Å². The Kier molecular flexibility index (Phi) is 4.24. The average Bonchev–Trinajstić information content (AvgIpc) is 2.77. The summed E-state index contributed by atoms with van der Waals surface area (Å²) in [5, 5.41) is 8.76. The van der Waals surface area contributed by atoms with Crippen molar-refractivity contribution in [2.75, 3.05) is 6.61 Å². The number of primary sulfonamides is 1. The fraction of sp³-hybridized carbons (Fsp3) is 0.250. The number of ether oxygens (including phenoxy) is 1. The van der Waals surface area contributed by atoms with Crippen molar-refractivity contribution in [1.82, 2.24) is 9.78 Å². The third-order valence-electron chi connectivity index (χ3n) is 2.70. The van der Waals surface area contributed by atoms with Crippen molar-refractivity contribution in [3.8, 4) is 5.75 Å². The minimum Gasteiger partial charge on any atom is -0.487 e. The standard InChI is InChI=1S/C12H13F2N3O3S/c1-17-7-8(6-16-17)2-3-20-12-10(13)4-9(5-11(12)14)21(15,18)19/h4-7H,2-3H2,1H3,(H2,15,18,19). The van der Waals surface area contributed by atoms with E-state index in [0.717, 1.165) is 5.56 Å². The predicted octanol–water partition coefficient (Wildman–Crippen LogP) is 0.967. The topological polar surface area (TPSA) is 87.2 Å². The summed E-state index contributed by atoms with van der Waals surface area (Å²) in [6.45, 7) is 0.0221. The average molecular weight is 317 g/mol. The van der Waals surface area contributed by atoms with Crippen LogP contribution in [-0.4, -0.2) is 24.8 Å². The smallest absolute Gasteiger partial charge is 0.238 e. The van der Waals surface area contributed by atoms with E-state index in [1.54, 1.807) is 24.1 Å². The SMILES string of the molecule is Cn1cc(CCOc2c(F)cc(S(N)(=O)=O)cc2F)cn1. The zero-order valence-corrected chi connectivity index (χ0v) is 11.9. The summed E-state index contributed by atoms with van der Waals surface area (Å²) >= 11 is 0. The van der Waals surface area contributed by atoms with Gasteiger partial charge >= 0.3 is 0 Å². The van der Waals surface area contributed by atoms with Gasteiger partial charge in [-0.25, -0.2) is 22.3 Å². The molecule has 114 valence electrons. The summed E-state index contributed by atoms with van der Waals surface area (Å²) in [5.41, 5.74) is 0.847. The molecule has 0 unspecified atom stereocenters. The summed E-state index contributed by atoms with van der Waals surface area (Å²) in [5.74, 6) is -2.87. The largest absolute Gasteiger partial charge is 0.487 e. The summed E-state index contributed by atoms with van der Waals surface area (Å²) in [6.07, 6.45) is 3.77. The molecule has 0 aliphatic rings. The number of nitrogens with zero attached hydrogens (tertiary/aromatic N) is 2. The number of hydrogen-bond acceptors (Lipinski definition) is 4. The number of benzene rings is 1. The lowest BCUT2D eigenvalue weighted by Crippen LogP contribution is -2.13. The van der Waals surface area contributed by atoms with Gasteiger partial charge in [0.1, 0.15) is 0 Å². The maximum absolute atomic E-state index is 13.7. The molecule has 1 aromatic carbocycles. The summed E-state index contributed by atoms with van der Waals surface area (Å²) in [6, 6.07) is 1.25. The van der Waals surface area contributed by atoms with Crippen LogP contribution in [0.3, 0.4) is 0 Å². The molecule has 1 aromatic heterocycles. The van der Waals surface area contributed by atoms with Crippen molar-refractivity contribution in [2.45, 2.75) is 11.3 Å². The zero-order valence-electron chi connectivity index (χ0n) is 11.1. The highest BCUT2D eigenvalue weighted by molar-refractivity contribution is 7.89. The van der Waals surface area contributed by atoms with Gasteiger partial charge in [0.25, 0.3) is 0 Å². The molecule has 0 radical (unpaired) electrons. The molecule has 9 heteroatoms. The van der Waals surface area contributed by atoms with E-state index in [1.165, 1.54) is 0 Å². The van der Waals surface area contributed by atoms with Gasteiger partial charge in [0.05, 0.1) is 17.7 Å².